The molecule has 4 atom stereocenters. The van der Waals surface area contributed by atoms with E-state index in [1.165, 1.54) is 22.3 Å². The summed E-state index contributed by atoms with van der Waals surface area (Å²) in [4.78, 5) is 22.3. The van der Waals surface area contributed by atoms with Gasteiger partial charge in [-0.2, -0.15) is 0 Å². The van der Waals surface area contributed by atoms with Gasteiger partial charge in [0.05, 0.1) is 12.8 Å². The van der Waals surface area contributed by atoms with E-state index in [0.29, 0.717) is 17.9 Å². The summed E-state index contributed by atoms with van der Waals surface area (Å²) in [7, 11) is 4.01. The van der Waals surface area contributed by atoms with E-state index in [-0.39, 0.29) is 17.4 Å². The maximum absolute atomic E-state index is 14.0. The third kappa shape index (κ3) is 3.18. The van der Waals surface area contributed by atoms with Crippen LogP contribution >= 0.6 is 11.6 Å². The number of nitrogens with one attached hydrogen (secondary N) is 1. The molecule has 7 heteroatoms. The number of nitrogens with zero attached hydrogens (tertiary/aromatic N) is 2. The Hall–Kier alpha value is -2.96. The molecular weight excluding hydrogens is 522 g/mol. The van der Waals surface area contributed by atoms with E-state index >= 15 is 0 Å². The number of H-pyrrole nitrogens is 1. The number of halogens is 1. The van der Waals surface area contributed by atoms with Gasteiger partial charge in [-0.3, -0.25) is 4.79 Å². The lowest BCUT2D eigenvalue weighted by Crippen LogP contribution is -2.62. The van der Waals surface area contributed by atoms with Crippen LogP contribution in [0.3, 0.4) is 0 Å². The van der Waals surface area contributed by atoms with Crippen molar-refractivity contribution in [3.63, 3.8) is 0 Å². The lowest BCUT2D eigenvalue weighted by atomic mass is 9.51. The highest BCUT2D eigenvalue weighted by Crippen LogP contribution is 2.67. The highest BCUT2D eigenvalue weighted by atomic mass is 35.5. The first-order valence-corrected chi connectivity index (χ1v) is 15.1. The maximum atomic E-state index is 14.0. The fourth-order valence-electron chi connectivity index (χ4n) is 9.01. The van der Waals surface area contributed by atoms with Crippen molar-refractivity contribution in [1.29, 1.82) is 0 Å². The summed E-state index contributed by atoms with van der Waals surface area (Å²) in [5.41, 5.74) is 8.13. The minimum atomic E-state index is -0.117. The number of ether oxygens (including phenoxy) is 2. The molecule has 1 N–H and O–H groups in total. The zero-order valence-electron chi connectivity index (χ0n) is 23.4. The van der Waals surface area contributed by atoms with E-state index in [1.54, 1.807) is 7.11 Å². The Morgan fingerprint density at radius 2 is 1.93 bits per heavy atom. The van der Waals surface area contributed by atoms with Crippen LogP contribution in [0.25, 0.3) is 0 Å². The first-order chi connectivity index (χ1) is 19.4. The molecule has 3 aliphatic heterocycles. The molecule has 5 aliphatic rings. The van der Waals surface area contributed by atoms with Crippen molar-refractivity contribution in [1.82, 2.24) is 14.8 Å². The number of rotatable bonds is 3. The van der Waals surface area contributed by atoms with Gasteiger partial charge in [0.15, 0.2) is 11.5 Å². The molecule has 2 fully saturated rings. The van der Waals surface area contributed by atoms with Crippen LogP contribution in [-0.4, -0.2) is 60.5 Å². The van der Waals surface area contributed by atoms with Gasteiger partial charge in [0, 0.05) is 35.1 Å². The van der Waals surface area contributed by atoms with Gasteiger partial charge < -0.3 is 24.3 Å². The fraction of sp³-hybridized carbons (Fsp3) is 0.485. The van der Waals surface area contributed by atoms with Gasteiger partial charge in [-0.15, -0.1) is 0 Å². The Kier molecular flexibility index (Phi) is 5.44. The summed E-state index contributed by atoms with van der Waals surface area (Å²) in [6, 6.07) is 12.9. The number of piperidine rings is 2. The van der Waals surface area contributed by atoms with E-state index in [4.69, 9.17) is 21.1 Å². The van der Waals surface area contributed by atoms with Crippen LogP contribution in [0.4, 0.5) is 0 Å². The lowest BCUT2D eigenvalue weighted by Gasteiger charge is -2.57. The largest absolute Gasteiger partial charge is 0.493 e. The lowest BCUT2D eigenvalue weighted by molar-refractivity contribution is -0.0256. The van der Waals surface area contributed by atoms with Gasteiger partial charge in [0.2, 0.25) is 0 Å². The Bertz CT molecular complexity index is 1540. The summed E-state index contributed by atoms with van der Waals surface area (Å²) >= 11 is 6.49. The molecule has 1 spiro atoms. The molecule has 4 heterocycles. The topological polar surface area (TPSA) is 57.8 Å². The maximum Gasteiger partial charge on any atom is 0.270 e. The molecule has 2 aliphatic carbocycles. The zero-order chi connectivity index (χ0) is 27.3. The smallest absolute Gasteiger partial charge is 0.270 e. The average molecular weight is 558 g/mol. The van der Waals surface area contributed by atoms with E-state index in [1.807, 2.05) is 17.0 Å². The van der Waals surface area contributed by atoms with Crippen molar-refractivity contribution in [2.75, 3.05) is 33.8 Å². The molecule has 2 aromatic carbocycles. The molecule has 208 valence electrons. The molecule has 0 saturated carbocycles. The highest BCUT2D eigenvalue weighted by Gasteiger charge is 2.65. The third-order valence-corrected chi connectivity index (χ3v) is 11.4. The van der Waals surface area contributed by atoms with Crippen molar-refractivity contribution >= 4 is 17.5 Å². The second-order valence-corrected chi connectivity index (χ2v) is 13.0. The van der Waals surface area contributed by atoms with Gasteiger partial charge in [0.25, 0.3) is 5.91 Å². The van der Waals surface area contributed by atoms with Crippen LogP contribution in [0, 0.1) is 12.8 Å². The molecule has 2 saturated heterocycles. The molecule has 3 aromatic rings. The number of aromatic nitrogens is 1. The Morgan fingerprint density at radius 3 is 2.70 bits per heavy atom. The Morgan fingerprint density at radius 1 is 1.12 bits per heavy atom. The number of aromatic amines is 1. The van der Waals surface area contributed by atoms with E-state index in [2.05, 4.69) is 48.1 Å². The summed E-state index contributed by atoms with van der Waals surface area (Å²) in [5.74, 6) is 2.70. The number of likely N-dealkylation sites (tertiary alicyclic amines) is 2. The number of fused-ring (bicyclic) bond motifs is 2. The molecule has 8 rings (SSSR count). The van der Waals surface area contributed by atoms with Crippen LogP contribution in [0.2, 0.25) is 5.02 Å². The third-order valence-electron chi connectivity index (χ3n) is 11.0. The molecule has 1 unspecified atom stereocenters. The van der Waals surface area contributed by atoms with Crippen LogP contribution < -0.4 is 9.47 Å². The number of hydrogen-bond acceptors (Lipinski definition) is 4. The number of carbonyl (C=O) groups is 1. The van der Waals surface area contributed by atoms with Gasteiger partial charge in [-0.05, 0) is 98.8 Å². The van der Waals surface area contributed by atoms with Gasteiger partial charge in [-0.1, -0.05) is 35.9 Å². The van der Waals surface area contributed by atoms with Crippen molar-refractivity contribution in [3.8, 4) is 11.5 Å². The summed E-state index contributed by atoms with van der Waals surface area (Å²) in [6.45, 7) is 4.66. The summed E-state index contributed by atoms with van der Waals surface area (Å²) < 4.78 is 12.7. The van der Waals surface area contributed by atoms with E-state index in [9.17, 15) is 4.79 Å². The molecule has 0 radical (unpaired) electrons. The van der Waals surface area contributed by atoms with Gasteiger partial charge in [-0.25, -0.2) is 0 Å². The number of benzene rings is 2. The molecule has 1 aromatic heterocycles. The van der Waals surface area contributed by atoms with Gasteiger partial charge in [0.1, 0.15) is 11.8 Å². The molecular formula is C33H36ClN3O3. The standard InChI is InChI=1S/C33H36ClN3O3/c1-18-22-17-23-25-16-20-8-9-26(39-3)30-27(20)33(23,12-15-36(25)2)31(40-30)29(22)35-28(18)32(38)37-13-10-19(11-14-37)21-6-4-5-7-24(21)34/h4-9,19,23,25,31,35H,10-17H2,1-3H3/t23-,25+,31-,33?/m0/s1. The number of methoxy groups -OCH3 is 1. The van der Waals surface area contributed by atoms with Crippen molar-refractivity contribution < 1.29 is 14.3 Å². The second kappa shape index (κ2) is 8.77. The van der Waals surface area contributed by atoms with E-state index < -0.39 is 0 Å². The normalized spacial score (nSPS) is 28.6. The molecule has 6 nitrogen and oxygen atoms in total. The van der Waals surface area contributed by atoms with Crippen LogP contribution in [0.15, 0.2) is 36.4 Å². The van der Waals surface area contributed by atoms with Crippen molar-refractivity contribution in [2.24, 2.45) is 5.92 Å². The van der Waals surface area contributed by atoms with E-state index in [0.717, 1.165) is 85.2 Å². The molecule has 2 bridgehead atoms. The van der Waals surface area contributed by atoms with Crippen LogP contribution in [-0.2, 0) is 18.3 Å². The predicted octanol–water partition coefficient (Wildman–Crippen LogP) is 5.81. The average Bonchev–Trinajstić information content (AvgIpc) is 3.49. The quantitative estimate of drug-likeness (QED) is 0.441. The Balaban J connectivity index is 1.14. The minimum absolute atomic E-state index is 0.0768. The van der Waals surface area contributed by atoms with Crippen molar-refractivity contribution in [3.05, 3.63) is 80.6 Å². The second-order valence-electron chi connectivity index (χ2n) is 12.6. The molecule has 1 amide bonds. The first-order valence-electron chi connectivity index (χ1n) is 14.7. The van der Waals surface area contributed by atoms with Gasteiger partial charge >= 0.3 is 0 Å². The fourth-order valence-corrected chi connectivity index (χ4v) is 9.30. The number of amides is 1. The van der Waals surface area contributed by atoms with Crippen LogP contribution in [0.1, 0.15) is 75.3 Å². The molecule has 40 heavy (non-hydrogen) atoms. The number of carbonyl (C=O) groups excluding carboxylic acids is 1. The SMILES string of the molecule is COc1ccc2c3c1O[C@H]1c4[nH]c(C(=O)N5CCC(c6ccccc6Cl)CC5)c(C)c4C[C@H]4[C@@H](C2)N(C)CCC314. The van der Waals surface area contributed by atoms with Crippen molar-refractivity contribution in [2.45, 2.75) is 62.5 Å². The summed E-state index contributed by atoms with van der Waals surface area (Å²) in [5, 5.41) is 0.828. The monoisotopic (exact) mass is 557 g/mol. The minimum Gasteiger partial charge on any atom is -0.493 e. The first kappa shape index (κ1) is 24.8. The summed E-state index contributed by atoms with van der Waals surface area (Å²) in [6.07, 6.45) is 4.81. The number of hydrogen-bond donors (Lipinski definition) is 1. The van der Waals surface area contributed by atoms with Crippen LogP contribution in [0.5, 0.6) is 11.5 Å². The highest BCUT2D eigenvalue weighted by molar-refractivity contribution is 6.31. The predicted molar refractivity (Wildman–Crippen MR) is 155 cm³/mol. The Labute approximate surface area is 240 Å². The number of likely N-dealkylation sites (N-methyl/N-ethyl adjacent to an activating group) is 1. The zero-order valence-corrected chi connectivity index (χ0v) is 24.2.